The Morgan fingerprint density at radius 2 is 0.857 bits per heavy atom. The summed E-state index contributed by atoms with van der Waals surface area (Å²) < 4.78 is 5.91. The van der Waals surface area contributed by atoms with Gasteiger partial charge in [0.15, 0.2) is 0 Å². The molecule has 0 heterocycles. The Hall–Kier alpha value is -1.40. The van der Waals surface area contributed by atoms with Crippen molar-refractivity contribution in [1.82, 2.24) is 5.32 Å². The number of hydrogen-bond acceptors (Lipinski definition) is 5. The minimum Gasteiger partial charge on any atom is -0.462 e. The largest absolute Gasteiger partial charge is 0.462 e. The molecule has 0 aromatic carbocycles. The molecule has 332 valence electrons. The Labute approximate surface area is 349 Å². The summed E-state index contributed by atoms with van der Waals surface area (Å²) in [6.45, 7) is 6.47. The van der Waals surface area contributed by atoms with Crippen LogP contribution < -0.4 is 5.32 Å². The molecule has 0 saturated heterocycles. The van der Waals surface area contributed by atoms with Gasteiger partial charge in [0.05, 0.1) is 25.2 Å². The quantitative estimate of drug-likeness (QED) is 0.0324. The number of unbranched alkanes of at least 4 members (excludes halogenated alkanes) is 31. The van der Waals surface area contributed by atoms with Gasteiger partial charge in [-0.2, -0.15) is 0 Å². The summed E-state index contributed by atoms with van der Waals surface area (Å²) in [5.74, 6) is -0.472. The van der Waals surface area contributed by atoms with Gasteiger partial charge in [-0.1, -0.05) is 219 Å². The number of aliphatic hydroxyl groups excluding tert-OH is 2. The molecule has 0 aliphatic heterocycles. The first kappa shape index (κ1) is 54.6. The van der Waals surface area contributed by atoms with Crippen LogP contribution in [-0.4, -0.2) is 46.9 Å². The Kier molecular flexibility index (Phi) is 43.6. The van der Waals surface area contributed by atoms with E-state index < -0.39 is 18.2 Å². The average molecular weight is 792 g/mol. The monoisotopic (exact) mass is 792 g/mol. The molecule has 1 amide bonds. The first-order valence-corrected chi connectivity index (χ1v) is 24.9. The van der Waals surface area contributed by atoms with Gasteiger partial charge in [0, 0.05) is 6.42 Å². The van der Waals surface area contributed by atoms with Crippen LogP contribution in [0.15, 0.2) is 12.2 Å². The summed E-state index contributed by atoms with van der Waals surface area (Å²) in [6, 6.07) is -0.694. The van der Waals surface area contributed by atoms with E-state index in [0.29, 0.717) is 19.3 Å². The molecule has 0 fully saturated rings. The molecule has 6 heteroatoms. The smallest absolute Gasteiger partial charge is 0.306 e. The molecule has 0 rings (SSSR count). The fourth-order valence-electron chi connectivity index (χ4n) is 7.78. The van der Waals surface area contributed by atoms with E-state index in [-0.39, 0.29) is 24.9 Å². The molecule has 6 nitrogen and oxygen atoms in total. The van der Waals surface area contributed by atoms with Crippen LogP contribution in [0.25, 0.3) is 0 Å². The summed E-state index contributed by atoms with van der Waals surface area (Å²) >= 11 is 0. The number of carbonyl (C=O) groups excluding carboxylic acids is 2. The molecular formula is C50H97NO5. The molecule has 0 bridgehead atoms. The van der Waals surface area contributed by atoms with E-state index >= 15 is 0 Å². The topological polar surface area (TPSA) is 95.9 Å². The van der Waals surface area contributed by atoms with Crippen molar-refractivity contribution >= 4 is 11.9 Å². The standard InChI is InChI=1S/C50H97NO5/c1-4-7-10-13-16-19-21-22-23-24-25-26-27-28-31-34-37-40-43-50(55)56-46(41-38-35-32-30-20-17-14-11-8-5-2)44-49(54)51-47(45-52)48(53)42-39-36-33-29-18-15-12-9-6-3/h25-26,46-48,52-53H,4-24,27-45H2,1-3H3,(H,51,54)/b26-25+. The molecular weight excluding hydrogens is 695 g/mol. The number of allylic oxidation sites excluding steroid dienone is 2. The Morgan fingerprint density at radius 1 is 0.500 bits per heavy atom. The zero-order valence-electron chi connectivity index (χ0n) is 37.8. The van der Waals surface area contributed by atoms with Crippen molar-refractivity contribution in [2.75, 3.05) is 6.61 Å². The normalized spacial score (nSPS) is 13.3. The summed E-state index contributed by atoms with van der Waals surface area (Å²) in [5, 5.41) is 23.6. The van der Waals surface area contributed by atoms with Gasteiger partial charge in [-0.15, -0.1) is 0 Å². The van der Waals surface area contributed by atoms with Crippen molar-refractivity contribution in [1.29, 1.82) is 0 Å². The summed E-state index contributed by atoms with van der Waals surface area (Å²) in [7, 11) is 0. The number of aliphatic hydroxyl groups is 2. The lowest BCUT2D eigenvalue weighted by molar-refractivity contribution is -0.151. The van der Waals surface area contributed by atoms with Crippen LogP contribution >= 0.6 is 0 Å². The Balaban J connectivity index is 4.45. The fourth-order valence-corrected chi connectivity index (χ4v) is 7.78. The van der Waals surface area contributed by atoms with E-state index in [1.807, 2.05) is 0 Å². The van der Waals surface area contributed by atoms with Gasteiger partial charge in [-0.25, -0.2) is 0 Å². The van der Waals surface area contributed by atoms with Gasteiger partial charge in [0.25, 0.3) is 0 Å². The van der Waals surface area contributed by atoms with Crippen LogP contribution in [-0.2, 0) is 14.3 Å². The van der Waals surface area contributed by atoms with Crippen molar-refractivity contribution < 1.29 is 24.5 Å². The lowest BCUT2D eigenvalue weighted by Gasteiger charge is -2.24. The maximum absolute atomic E-state index is 13.1. The van der Waals surface area contributed by atoms with Gasteiger partial charge < -0.3 is 20.3 Å². The highest BCUT2D eigenvalue weighted by Gasteiger charge is 2.24. The molecule has 0 radical (unpaired) electrons. The second-order valence-corrected chi connectivity index (χ2v) is 17.2. The molecule has 3 atom stereocenters. The highest BCUT2D eigenvalue weighted by molar-refractivity contribution is 5.77. The number of nitrogens with one attached hydrogen (secondary N) is 1. The average Bonchev–Trinajstić information content (AvgIpc) is 3.19. The second-order valence-electron chi connectivity index (χ2n) is 17.2. The van der Waals surface area contributed by atoms with Gasteiger partial charge >= 0.3 is 5.97 Å². The molecule has 0 spiro atoms. The second kappa shape index (κ2) is 44.7. The third kappa shape index (κ3) is 39.4. The Morgan fingerprint density at radius 3 is 1.27 bits per heavy atom. The van der Waals surface area contributed by atoms with E-state index in [9.17, 15) is 19.8 Å². The van der Waals surface area contributed by atoms with Crippen LogP contribution in [0.5, 0.6) is 0 Å². The number of rotatable bonds is 45. The van der Waals surface area contributed by atoms with Crippen molar-refractivity contribution in [3.63, 3.8) is 0 Å². The van der Waals surface area contributed by atoms with Crippen LogP contribution in [0.3, 0.4) is 0 Å². The highest BCUT2D eigenvalue weighted by atomic mass is 16.5. The Bertz CT molecular complexity index is 847. The van der Waals surface area contributed by atoms with Gasteiger partial charge in [-0.05, 0) is 51.4 Å². The van der Waals surface area contributed by atoms with E-state index in [1.54, 1.807) is 0 Å². The van der Waals surface area contributed by atoms with Crippen molar-refractivity contribution in [3.05, 3.63) is 12.2 Å². The molecule has 3 unspecified atom stereocenters. The zero-order valence-corrected chi connectivity index (χ0v) is 37.8. The number of hydrogen-bond donors (Lipinski definition) is 3. The van der Waals surface area contributed by atoms with Gasteiger partial charge in [0.2, 0.25) is 5.91 Å². The first-order chi connectivity index (χ1) is 27.5. The van der Waals surface area contributed by atoms with Gasteiger partial charge in [0.1, 0.15) is 6.10 Å². The first-order valence-electron chi connectivity index (χ1n) is 24.9. The van der Waals surface area contributed by atoms with Crippen LogP contribution in [0, 0.1) is 0 Å². The summed E-state index contributed by atoms with van der Waals surface area (Å²) in [6.07, 6.45) is 48.5. The maximum atomic E-state index is 13.1. The molecule has 3 N–H and O–H groups in total. The summed E-state index contributed by atoms with van der Waals surface area (Å²) in [5.41, 5.74) is 0. The van der Waals surface area contributed by atoms with E-state index in [0.717, 1.165) is 57.8 Å². The van der Waals surface area contributed by atoms with E-state index in [4.69, 9.17) is 4.74 Å². The maximum Gasteiger partial charge on any atom is 0.306 e. The number of esters is 1. The van der Waals surface area contributed by atoms with Crippen molar-refractivity contribution in [2.45, 2.75) is 289 Å². The van der Waals surface area contributed by atoms with Crippen molar-refractivity contribution in [3.8, 4) is 0 Å². The number of ether oxygens (including phenoxy) is 1. The molecule has 56 heavy (non-hydrogen) atoms. The third-order valence-electron chi connectivity index (χ3n) is 11.6. The minimum absolute atomic E-state index is 0.0804. The summed E-state index contributed by atoms with van der Waals surface area (Å²) in [4.78, 5) is 26.0. The van der Waals surface area contributed by atoms with Crippen LogP contribution in [0.1, 0.15) is 271 Å². The predicted molar refractivity (Wildman–Crippen MR) is 241 cm³/mol. The SMILES string of the molecule is CCCCCCCCCCC/C=C/CCCCCCCC(=O)OC(CCCCCCCCCCCC)CC(=O)NC(CO)C(O)CCCCCCCCCCC. The lowest BCUT2D eigenvalue weighted by atomic mass is 10.0. The van der Waals surface area contributed by atoms with Gasteiger partial charge in [-0.3, -0.25) is 9.59 Å². The molecule has 0 aliphatic rings. The molecule has 0 aromatic heterocycles. The number of carbonyl (C=O) groups is 2. The predicted octanol–water partition coefficient (Wildman–Crippen LogP) is 14.6. The number of amides is 1. The van der Waals surface area contributed by atoms with E-state index in [1.165, 1.54) is 167 Å². The third-order valence-corrected chi connectivity index (χ3v) is 11.6. The van der Waals surface area contributed by atoms with Crippen molar-refractivity contribution in [2.24, 2.45) is 0 Å². The fraction of sp³-hybridized carbons (Fsp3) is 0.920. The van der Waals surface area contributed by atoms with Crippen LogP contribution in [0.2, 0.25) is 0 Å². The van der Waals surface area contributed by atoms with E-state index in [2.05, 4.69) is 38.2 Å². The van der Waals surface area contributed by atoms with Crippen LogP contribution in [0.4, 0.5) is 0 Å². The molecule has 0 aliphatic carbocycles. The highest BCUT2D eigenvalue weighted by Crippen LogP contribution is 2.18. The lowest BCUT2D eigenvalue weighted by Crippen LogP contribution is -2.46. The zero-order chi connectivity index (χ0) is 41.0. The molecule has 0 saturated carbocycles. The minimum atomic E-state index is -0.781. The molecule has 0 aromatic rings.